The quantitative estimate of drug-likeness (QED) is 0.487. The fourth-order valence-corrected chi connectivity index (χ4v) is 2.07. The highest BCUT2D eigenvalue weighted by Crippen LogP contribution is 2.33. The van der Waals surface area contributed by atoms with Crippen molar-refractivity contribution in [3.05, 3.63) is 22.2 Å². The molecule has 104 valence electrons. The van der Waals surface area contributed by atoms with Gasteiger partial charge in [0, 0.05) is 16.6 Å². The van der Waals surface area contributed by atoms with Gasteiger partial charge in [-0.3, -0.25) is 5.43 Å². The molecule has 0 saturated heterocycles. The number of halogens is 1. The van der Waals surface area contributed by atoms with Crippen molar-refractivity contribution in [2.75, 3.05) is 20.8 Å². The van der Waals surface area contributed by atoms with Crippen molar-refractivity contribution in [3.8, 4) is 11.5 Å². The molecule has 1 aromatic rings. The molecule has 0 spiro atoms. The Bertz CT molecular complexity index is 480. The topological polar surface area (TPSA) is 54.9 Å². The second kappa shape index (κ2) is 7.96. The number of hydrogen-bond acceptors (Lipinski definition) is 4. The molecule has 0 amide bonds. The zero-order valence-corrected chi connectivity index (χ0v) is 13.4. The number of ether oxygens (including phenoxy) is 2. The SMILES string of the molecule is CCNC(=S)N/N=C\c1cc(Br)cc(OC)c1OC. The van der Waals surface area contributed by atoms with E-state index in [0.29, 0.717) is 16.6 Å². The summed E-state index contributed by atoms with van der Waals surface area (Å²) in [5.74, 6) is 1.25. The number of benzene rings is 1. The molecule has 0 radical (unpaired) electrons. The number of nitrogens with one attached hydrogen (secondary N) is 2. The van der Waals surface area contributed by atoms with Gasteiger partial charge in [-0.15, -0.1) is 0 Å². The molecule has 0 saturated carbocycles. The summed E-state index contributed by atoms with van der Waals surface area (Å²) in [6.45, 7) is 2.70. The lowest BCUT2D eigenvalue weighted by atomic mass is 10.2. The molecule has 7 heteroatoms. The predicted octanol–water partition coefficient (Wildman–Crippen LogP) is 2.28. The van der Waals surface area contributed by atoms with E-state index in [1.165, 1.54) is 0 Å². The van der Waals surface area contributed by atoms with Crippen LogP contribution >= 0.6 is 28.1 Å². The van der Waals surface area contributed by atoms with Crippen LogP contribution in [0.4, 0.5) is 0 Å². The van der Waals surface area contributed by atoms with Crippen molar-refractivity contribution in [1.82, 2.24) is 10.7 Å². The van der Waals surface area contributed by atoms with Gasteiger partial charge in [0.2, 0.25) is 0 Å². The molecular formula is C12H16BrN3O2S. The fraction of sp³-hybridized carbons (Fsp3) is 0.333. The minimum absolute atomic E-state index is 0.472. The molecule has 0 fully saturated rings. The van der Waals surface area contributed by atoms with Gasteiger partial charge in [0.15, 0.2) is 16.6 Å². The number of thiocarbonyl (C=S) groups is 1. The summed E-state index contributed by atoms with van der Waals surface area (Å²) >= 11 is 8.41. The Labute approximate surface area is 126 Å². The summed E-state index contributed by atoms with van der Waals surface area (Å²) in [4.78, 5) is 0. The first kappa shape index (κ1) is 15.7. The van der Waals surface area contributed by atoms with Crippen molar-refractivity contribution < 1.29 is 9.47 Å². The van der Waals surface area contributed by atoms with Gasteiger partial charge in [-0.05, 0) is 31.3 Å². The second-order valence-electron chi connectivity index (χ2n) is 3.46. The van der Waals surface area contributed by atoms with Gasteiger partial charge in [0.1, 0.15) is 0 Å². The Morgan fingerprint density at radius 2 is 2.16 bits per heavy atom. The van der Waals surface area contributed by atoms with Crippen LogP contribution in [0.25, 0.3) is 0 Å². The van der Waals surface area contributed by atoms with Gasteiger partial charge in [-0.1, -0.05) is 15.9 Å². The number of nitrogens with zero attached hydrogens (tertiary/aromatic N) is 1. The highest BCUT2D eigenvalue weighted by atomic mass is 79.9. The van der Waals surface area contributed by atoms with E-state index in [1.54, 1.807) is 20.4 Å². The van der Waals surface area contributed by atoms with Crippen LogP contribution in [0, 0.1) is 0 Å². The second-order valence-corrected chi connectivity index (χ2v) is 4.78. The van der Waals surface area contributed by atoms with Crippen LogP contribution in [0.2, 0.25) is 0 Å². The van der Waals surface area contributed by atoms with Crippen molar-refractivity contribution >= 4 is 39.5 Å². The average Bonchev–Trinajstić information content (AvgIpc) is 2.38. The molecule has 0 atom stereocenters. The molecule has 0 bridgehead atoms. The largest absolute Gasteiger partial charge is 0.493 e. The Morgan fingerprint density at radius 1 is 1.42 bits per heavy atom. The molecule has 19 heavy (non-hydrogen) atoms. The lowest BCUT2D eigenvalue weighted by molar-refractivity contribution is 0.354. The maximum Gasteiger partial charge on any atom is 0.186 e. The van der Waals surface area contributed by atoms with E-state index in [2.05, 4.69) is 31.8 Å². The van der Waals surface area contributed by atoms with Crippen LogP contribution in [0.1, 0.15) is 12.5 Å². The fourth-order valence-electron chi connectivity index (χ4n) is 1.42. The molecule has 0 unspecified atom stereocenters. The van der Waals surface area contributed by atoms with E-state index in [9.17, 15) is 0 Å². The molecule has 0 aliphatic heterocycles. The smallest absolute Gasteiger partial charge is 0.186 e. The minimum atomic E-state index is 0.472. The highest BCUT2D eigenvalue weighted by molar-refractivity contribution is 9.10. The van der Waals surface area contributed by atoms with Gasteiger partial charge in [0.25, 0.3) is 0 Å². The molecule has 1 aromatic carbocycles. The van der Waals surface area contributed by atoms with Crippen LogP contribution in [0.3, 0.4) is 0 Å². The van der Waals surface area contributed by atoms with Crippen LogP contribution in [-0.4, -0.2) is 32.1 Å². The normalized spacial score (nSPS) is 10.3. The van der Waals surface area contributed by atoms with Gasteiger partial charge in [-0.25, -0.2) is 0 Å². The first-order chi connectivity index (χ1) is 9.12. The zero-order chi connectivity index (χ0) is 14.3. The van der Waals surface area contributed by atoms with E-state index >= 15 is 0 Å². The molecule has 1 rings (SSSR count). The maximum absolute atomic E-state index is 5.31. The van der Waals surface area contributed by atoms with Crippen LogP contribution in [-0.2, 0) is 0 Å². The summed E-state index contributed by atoms with van der Waals surface area (Å²) < 4.78 is 11.4. The van der Waals surface area contributed by atoms with E-state index in [0.717, 1.165) is 16.6 Å². The lowest BCUT2D eigenvalue weighted by Crippen LogP contribution is -2.31. The Hall–Kier alpha value is -1.34. The maximum atomic E-state index is 5.31. The third-order valence-electron chi connectivity index (χ3n) is 2.18. The first-order valence-electron chi connectivity index (χ1n) is 5.60. The minimum Gasteiger partial charge on any atom is -0.493 e. The Morgan fingerprint density at radius 3 is 2.74 bits per heavy atom. The van der Waals surface area contributed by atoms with E-state index in [4.69, 9.17) is 21.7 Å². The molecule has 5 nitrogen and oxygen atoms in total. The van der Waals surface area contributed by atoms with E-state index in [-0.39, 0.29) is 0 Å². The predicted molar refractivity (Wildman–Crippen MR) is 84.3 cm³/mol. The summed E-state index contributed by atoms with van der Waals surface area (Å²) in [5.41, 5.74) is 3.50. The number of hydrazone groups is 1. The van der Waals surface area contributed by atoms with Crippen molar-refractivity contribution in [2.45, 2.75) is 6.92 Å². The lowest BCUT2D eigenvalue weighted by Gasteiger charge is -2.11. The Balaban J connectivity index is 2.90. The van der Waals surface area contributed by atoms with Crippen LogP contribution in [0.5, 0.6) is 11.5 Å². The molecular weight excluding hydrogens is 330 g/mol. The molecule has 0 aliphatic rings. The zero-order valence-electron chi connectivity index (χ0n) is 11.0. The van der Waals surface area contributed by atoms with Gasteiger partial charge in [0.05, 0.1) is 20.4 Å². The van der Waals surface area contributed by atoms with Crippen LogP contribution in [0.15, 0.2) is 21.7 Å². The van der Waals surface area contributed by atoms with E-state index in [1.807, 2.05) is 19.1 Å². The summed E-state index contributed by atoms with van der Waals surface area (Å²) in [6, 6.07) is 3.70. The van der Waals surface area contributed by atoms with Crippen molar-refractivity contribution in [1.29, 1.82) is 0 Å². The third kappa shape index (κ3) is 4.68. The highest BCUT2D eigenvalue weighted by Gasteiger charge is 2.10. The number of rotatable bonds is 5. The average molecular weight is 346 g/mol. The summed E-state index contributed by atoms with van der Waals surface area (Å²) in [6.07, 6.45) is 1.62. The van der Waals surface area contributed by atoms with Gasteiger partial charge < -0.3 is 14.8 Å². The Kier molecular flexibility index (Phi) is 6.58. The summed E-state index contributed by atoms with van der Waals surface area (Å²) in [5, 5.41) is 7.46. The molecule has 2 N–H and O–H groups in total. The first-order valence-corrected chi connectivity index (χ1v) is 6.80. The number of hydrogen-bond donors (Lipinski definition) is 2. The molecule has 0 aliphatic carbocycles. The van der Waals surface area contributed by atoms with Crippen molar-refractivity contribution in [3.63, 3.8) is 0 Å². The van der Waals surface area contributed by atoms with Gasteiger partial charge in [-0.2, -0.15) is 5.10 Å². The third-order valence-corrected chi connectivity index (χ3v) is 2.87. The number of methoxy groups -OCH3 is 2. The van der Waals surface area contributed by atoms with Crippen LogP contribution < -0.4 is 20.2 Å². The molecule has 0 aromatic heterocycles. The summed E-state index contributed by atoms with van der Waals surface area (Å²) in [7, 11) is 3.17. The van der Waals surface area contributed by atoms with E-state index < -0.39 is 0 Å². The standard InChI is InChI=1S/C12H16BrN3O2S/c1-4-14-12(19)16-15-7-8-5-9(13)6-10(17-2)11(8)18-3/h5-7H,4H2,1-3H3,(H2,14,16,19)/b15-7-. The monoisotopic (exact) mass is 345 g/mol. The van der Waals surface area contributed by atoms with Crippen molar-refractivity contribution in [2.24, 2.45) is 5.10 Å². The van der Waals surface area contributed by atoms with Gasteiger partial charge >= 0.3 is 0 Å². The molecule has 0 heterocycles.